The molecule has 4 nitrogen and oxygen atoms in total. The molecule has 0 saturated carbocycles. The molecule has 0 unspecified atom stereocenters. The molecule has 0 radical (unpaired) electrons. The van der Waals surface area contributed by atoms with E-state index in [2.05, 4.69) is 0 Å². The number of nitrogens with zero attached hydrogens (tertiary/aromatic N) is 1. The fourth-order valence-electron chi connectivity index (χ4n) is 1.49. The van der Waals surface area contributed by atoms with Gasteiger partial charge in [0.05, 0.1) is 0 Å². The van der Waals surface area contributed by atoms with Crippen molar-refractivity contribution in [2.45, 2.75) is 45.4 Å². The predicted octanol–water partition coefficient (Wildman–Crippen LogP) is 1.24. The maximum absolute atomic E-state index is 11.4. The second-order valence-corrected chi connectivity index (χ2v) is 3.47. The molecule has 1 rings (SSSR count). The molecule has 4 heteroatoms. The standard InChI is InChI=1S/C10H15NO3/c1-2-3-4-5-8(12)11-9(13)6-7-10(11)14/h2-7H2,1H3. The summed E-state index contributed by atoms with van der Waals surface area (Å²) >= 11 is 0. The summed E-state index contributed by atoms with van der Waals surface area (Å²) < 4.78 is 0. The first-order chi connectivity index (χ1) is 6.66. The van der Waals surface area contributed by atoms with E-state index in [1.807, 2.05) is 6.92 Å². The van der Waals surface area contributed by atoms with Gasteiger partial charge >= 0.3 is 0 Å². The summed E-state index contributed by atoms with van der Waals surface area (Å²) in [5.74, 6) is -1.00. The summed E-state index contributed by atoms with van der Waals surface area (Å²) in [5.41, 5.74) is 0. The van der Waals surface area contributed by atoms with Crippen LogP contribution in [0, 0.1) is 0 Å². The third-order valence-corrected chi connectivity index (χ3v) is 2.30. The Morgan fingerprint density at radius 2 is 1.79 bits per heavy atom. The highest BCUT2D eigenvalue weighted by Gasteiger charge is 2.33. The van der Waals surface area contributed by atoms with E-state index >= 15 is 0 Å². The highest BCUT2D eigenvalue weighted by Crippen LogP contribution is 2.14. The third-order valence-electron chi connectivity index (χ3n) is 2.30. The topological polar surface area (TPSA) is 54.5 Å². The molecule has 14 heavy (non-hydrogen) atoms. The van der Waals surface area contributed by atoms with Crippen molar-refractivity contribution in [1.82, 2.24) is 4.90 Å². The van der Waals surface area contributed by atoms with E-state index in [0.717, 1.165) is 24.2 Å². The van der Waals surface area contributed by atoms with Crippen LogP contribution in [0.2, 0.25) is 0 Å². The lowest BCUT2D eigenvalue weighted by Gasteiger charge is -2.10. The Morgan fingerprint density at radius 3 is 2.29 bits per heavy atom. The molecule has 1 heterocycles. The molecule has 78 valence electrons. The van der Waals surface area contributed by atoms with E-state index in [4.69, 9.17) is 0 Å². The van der Waals surface area contributed by atoms with Crippen LogP contribution in [0.3, 0.4) is 0 Å². The maximum atomic E-state index is 11.4. The van der Waals surface area contributed by atoms with Gasteiger partial charge in [-0.05, 0) is 6.42 Å². The van der Waals surface area contributed by atoms with Crippen LogP contribution in [-0.4, -0.2) is 22.6 Å². The van der Waals surface area contributed by atoms with Crippen molar-refractivity contribution in [2.24, 2.45) is 0 Å². The van der Waals surface area contributed by atoms with Crippen molar-refractivity contribution in [3.8, 4) is 0 Å². The van der Waals surface area contributed by atoms with E-state index in [1.165, 1.54) is 0 Å². The van der Waals surface area contributed by atoms with Crippen LogP contribution in [0.5, 0.6) is 0 Å². The zero-order valence-electron chi connectivity index (χ0n) is 8.41. The number of imide groups is 3. The minimum Gasteiger partial charge on any atom is -0.274 e. The van der Waals surface area contributed by atoms with Crippen molar-refractivity contribution in [1.29, 1.82) is 0 Å². The fraction of sp³-hybridized carbons (Fsp3) is 0.700. The highest BCUT2D eigenvalue weighted by atomic mass is 16.2. The largest absolute Gasteiger partial charge is 0.274 e. The highest BCUT2D eigenvalue weighted by molar-refractivity contribution is 6.14. The number of likely N-dealkylation sites (tertiary alicyclic amines) is 1. The molecule has 0 aromatic carbocycles. The van der Waals surface area contributed by atoms with Gasteiger partial charge < -0.3 is 0 Å². The average Bonchev–Trinajstić information content (AvgIpc) is 2.46. The van der Waals surface area contributed by atoms with Gasteiger partial charge in [0.2, 0.25) is 17.7 Å². The molecule has 0 bridgehead atoms. The van der Waals surface area contributed by atoms with Gasteiger partial charge in [-0.25, -0.2) is 4.90 Å². The second kappa shape index (κ2) is 4.88. The van der Waals surface area contributed by atoms with Crippen LogP contribution in [0.4, 0.5) is 0 Å². The van der Waals surface area contributed by atoms with Crippen LogP contribution in [0.1, 0.15) is 45.4 Å². The van der Waals surface area contributed by atoms with Gasteiger partial charge in [0.25, 0.3) is 0 Å². The van der Waals surface area contributed by atoms with E-state index in [-0.39, 0.29) is 30.6 Å². The van der Waals surface area contributed by atoms with E-state index < -0.39 is 0 Å². The lowest BCUT2D eigenvalue weighted by atomic mass is 10.2. The molecule has 1 aliphatic heterocycles. The summed E-state index contributed by atoms with van der Waals surface area (Å²) in [4.78, 5) is 34.5. The SMILES string of the molecule is CCCCCC(=O)N1C(=O)CCC1=O. The number of amides is 3. The van der Waals surface area contributed by atoms with Gasteiger partial charge in [-0.2, -0.15) is 0 Å². The molecule has 3 amide bonds. The van der Waals surface area contributed by atoms with Crippen LogP contribution in [0.25, 0.3) is 0 Å². The zero-order valence-corrected chi connectivity index (χ0v) is 8.41. The van der Waals surface area contributed by atoms with Gasteiger partial charge in [-0.1, -0.05) is 19.8 Å². The van der Waals surface area contributed by atoms with Crippen LogP contribution < -0.4 is 0 Å². The number of rotatable bonds is 4. The summed E-state index contributed by atoms with van der Waals surface area (Å²) in [5, 5.41) is 0. The van der Waals surface area contributed by atoms with Gasteiger partial charge in [0.15, 0.2) is 0 Å². The Morgan fingerprint density at radius 1 is 1.21 bits per heavy atom. The molecule has 0 atom stereocenters. The van der Waals surface area contributed by atoms with Gasteiger partial charge in [0, 0.05) is 19.3 Å². The first-order valence-electron chi connectivity index (χ1n) is 5.05. The van der Waals surface area contributed by atoms with E-state index in [9.17, 15) is 14.4 Å². The molecular weight excluding hydrogens is 182 g/mol. The number of unbranched alkanes of at least 4 members (excludes halogenated alkanes) is 2. The lowest BCUT2D eigenvalue weighted by molar-refractivity contribution is -0.149. The van der Waals surface area contributed by atoms with Crippen molar-refractivity contribution in [2.75, 3.05) is 0 Å². The average molecular weight is 197 g/mol. The number of hydrogen-bond donors (Lipinski definition) is 0. The Bertz CT molecular complexity index is 244. The maximum Gasteiger partial charge on any atom is 0.236 e. The molecule has 0 N–H and O–H groups in total. The van der Waals surface area contributed by atoms with Gasteiger partial charge in [-0.15, -0.1) is 0 Å². The van der Waals surface area contributed by atoms with E-state index in [1.54, 1.807) is 0 Å². The molecule has 0 aliphatic carbocycles. The molecule has 1 saturated heterocycles. The first-order valence-corrected chi connectivity index (χ1v) is 5.05. The Kier molecular flexibility index (Phi) is 3.80. The first kappa shape index (κ1) is 10.9. The number of carbonyl (C=O) groups excluding carboxylic acids is 3. The Labute approximate surface area is 83.3 Å². The molecule has 1 aliphatic rings. The Balaban J connectivity index is 2.43. The number of hydrogen-bond acceptors (Lipinski definition) is 3. The molecule has 0 spiro atoms. The van der Waals surface area contributed by atoms with Gasteiger partial charge in [-0.3, -0.25) is 14.4 Å². The minimum atomic E-state index is -0.337. The molecule has 0 aromatic rings. The van der Waals surface area contributed by atoms with Crippen LogP contribution in [-0.2, 0) is 14.4 Å². The monoisotopic (exact) mass is 197 g/mol. The zero-order chi connectivity index (χ0) is 10.6. The van der Waals surface area contributed by atoms with Gasteiger partial charge in [0.1, 0.15) is 0 Å². The quantitative estimate of drug-likeness (QED) is 0.503. The van der Waals surface area contributed by atoms with Crippen molar-refractivity contribution >= 4 is 17.7 Å². The van der Waals surface area contributed by atoms with E-state index in [0.29, 0.717) is 6.42 Å². The third kappa shape index (κ3) is 2.40. The summed E-state index contributed by atoms with van der Waals surface area (Å²) in [6.45, 7) is 2.04. The fourth-order valence-corrected chi connectivity index (χ4v) is 1.49. The minimum absolute atomic E-state index is 0.193. The summed E-state index contributed by atoms with van der Waals surface area (Å²) in [6, 6.07) is 0. The smallest absolute Gasteiger partial charge is 0.236 e. The summed E-state index contributed by atoms with van der Waals surface area (Å²) in [6.07, 6.45) is 3.44. The molecular formula is C10H15NO3. The lowest BCUT2D eigenvalue weighted by Crippen LogP contribution is -2.35. The van der Waals surface area contributed by atoms with Crippen LogP contribution in [0.15, 0.2) is 0 Å². The normalized spacial score (nSPS) is 16.5. The van der Waals surface area contributed by atoms with Crippen LogP contribution >= 0.6 is 0 Å². The molecule has 0 aromatic heterocycles. The second-order valence-electron chi connectivity index (χ2n) is 3.47. The molecule has 1 fully saturated rings. The summed E-state index contributed by atoms with van der Waals surface area (Å²) in [7, 11) is 0. The number of carbonyl (C=O) groups is 3. The van der Waals surface area contributed by atoms with Crippen molar-refractivity contribution in [3.63, 3.8) is 0 Å². The Hall–Kier alpha value is -1.19. The van der Waals surface area contributed by atoms with Crippen molar-refractivity contribution < 1.29 is 14.4 Å². The van der Waals surface area contributed by atoms with Crippen molar-refractivity contribution in [3.05, 3.63) is 0 Å². The predicted molar refractivity (Wildman–Crippen MR) is 50.2 cm³/mol.